The quantitative estimate of drug-likeness (QED) is 0.867. The highest BCUT2D eigenvalue weighted by molar-refractivity contribution is 5.78. The summed E-state index contributed by atoms with van der Waals surface area (Å²) in [5.41, 5.74) is 0.810. The molecule has 5 nitrogen and oxygen atoms in total. The minimum absolute atomic E-state index is 0.0471. The molecule has 5 heteroatoms. The van der Waals surface area contributed by atoms with Gasteiger partial charge in [0.1, 0.15) is 0 Å². The highest BCUT2D eigenvalue weighted by Crippen LogP contribution is 2.41. The monoisotopic (exact) mass is 275 g/mol. The largest absolute Gasteiger partial charge is 0.376 e. The van der Waals surface area contributed by atoms with Gasteiger partial charge in [-0.2, -0.15) is 0 Å². The molecule has 1 saturated heterocycles. The van der Waals surface area contributed by atoms with Gasteiger partial charge in [-0.1, -0.05) is 6.07 Å². The first kappa shape index (κ1) is 13.5. The van der Waals surface area contributed by atoms with E-state index >= 15 is 0 Å². The Labute approximate surface area is 119 Å². The second-order valence-electron chi connectivity index (χ2n) is 5.83. The van der Waals surface area contributed by atoms with E-state index < -0.39 is 0 Å². The van der Waals surface area contributed by atoms with Gasteiger partial charge in [-0.15, -0.1) is 0 Å². The van der Waals surface area contributed by atoms with Gasteiger partial charge in [-0.05, 0) is 32.6 Å². The average molecular weight is 275 g/mol. The molecular formula is C15H21N3O2. The van der Waals surface area contributed by atoms with Crippen LogP contribution in [0.3, 0.4) is 0 Å². The Morgan fingerprint density at radius 2 is 2.35 bits per heavy atom. The summed E-state index contributed by atoms with van der Waals surface area (Å²) in [6.07, 6.45) is 3.39. The molecular weight excluding hydrogens is 254 g/mol. The van der Waals surface area contributed by atoms with E-state index in [4.69, 9.17) is 4.74 Å². The molecule has 2 heterocycles. The Morgan fingerprint density at radius 1 is 1.50 bits per heavy atom. The number of pyridine rings is 1. The summed E-state index contributed by atoms with van der Waals surface area (Å²) in [6.45, 7) is 0.812. The summed E-state index contributed by atoms with van der Waals surface area (Å²) < 4.78 is 5.75. The van der Waals surface area contributed by atoms with Crippen LogP contribution in [0.5, 0.6) is 0 Å². The standard InChI is InChI=1S/C15H21N3O2/c1-18(2)14-13(11-6-8-20-15(11)14)17-12(19)9-10-5-3-4-7-16-10/h3-5,7,11,13-15H,6,8-9H2,1-2H3,(H,17,19)/t11-,13+,14-,15-/m1/s1. The number of hydrogen-bond acceptors (Lipinski definition) is 4. The van der Waals surface area contributed by atoms with Crippen molar-refractivity contribution in [2.45, 2.75) is 31.0 Å². The van der Waals surface area contributed by atoms with E-state index in [1.165, 1.54) is 0 Å². The molecule has 108 valence electrons. The first-order valence-electron chi connectivity index (χ1n) is 7.14. The Kier molecular flexibility index (Phi) is 3.72. The minimum atomic E-state index is 0.0471. The lowest BCUT2D eigenvalue weighted by molar-refractivity contribution is -0.127. The normalized spacial score (nSPS) is 31.8. The lowest BCUT2D eigenvalue weighted by Gasteiger charge is -2.50. The van der Waals surface area contributed by atoms with E-state index in [9.17, 15) is 4.79 Å². The van der Waals surface area contributed by atoms with Gasteiger partial charge in [0, 0.05) is 24.4 Å². The Hall–Kier alpha value is -1.46. The third-order valence-electron chi connectivity index (χ3n) is 4.34. The van der Waals surface area contributed by atoms with Crippen molar-refractivity contribution < 1.29 is 9.53 Å². The second-order valence-corrected chi connectivity index (χ2v) is 5.83. The molecule has 2 aliphatic rings. The third-order valence-corrected chi connectivity index (χ3v) is 4.34. The molecule has 0 spiro atoms. The molecule has 0 bridgehead atoms. The minimum Gasteiger partial charge on any atom is -0.376 e. The second kappa shape index (κ2) is 5.50. The lowest BCUT2D eigenvalue weighted by Crippen LogP contribution is -2.69. The molecule has 3 rings (SSSR count). The maximum Gasteiger partial charge on any atom is 0.226 e. The van der Waals surface area contributed by atoms with E-state index in [-0.39, 0.29) is 24.1 Å². The van der Waals surface area contributed by atoms with E-state index in [0.717, 1.165) is 18.7 Å². The van der Waals surface area contributed by atoms with E-state index in [1.807, 2.05) is 32.3 Å². The fraction of sp³-hybridized carbons (Fsp3) is 0.600. The van der Waals surface area contributed by atoms with Crippen LogP contribution in [0.25, 0.3) is 0 Å². The molecule has 20 heavy (non-hydrogen) atoms. The summed E-state index contributed by atoms with van der Waals surface area (Å²) in [5, 5.41) is 3.17. The summed E-state index contributed by atoms with van der Waals surface area (Å²) >= 11 is 0. The van der Waals surface area contributed by atoms with Crippen LogP contribution >= 0.6 is 0 Å². The highest BCUT2D eigenvalue weighted by atomic mass is 16.5. The maximum atomic E-state index is 12.2. The number of amides is 1. The van der Waals surface area contributed by atoms with Crippen LogP contribution in [-0.4, -0.2) is 54.7 Å². The van der Waals surface area contributed by atoms with Crippen LogP contribution < -0.4 is 5.32 Å². The van der Waals surface area contributed by atoms with Gasteiger partial charge in [-0.3, -0.25) is 9.78 Å². The Balaban J connectivity index is 1.60. The molecule has 1 N–H and O–H groups in total. The molecule has 1 aliphatic heterocycles. The number of ether oxygens (including phenoxy) is 1. The topological polar surface area (TPSA) is 54.5 Å². The van der Waals surface area contributed by atoms with Gasteiger partial charge in [0.2, 0.25) is 5.91 Å². The summed E-state index contributed by atoms with van der Waals surface area (Å²) in [5.74, 6) is 0.515. The van der Waals surface area contributed by atoms with E-state index in [2.05, 4.69) is 15.2 Å². The SMILES string of the molecule is CN(C)[C@@H]1[C@@H](NC(=O)Cc2ccccn2)[C@H]2CCO[C@H]21. The molecule has 1 amide bonds. The molecule has 2 fully saturated rings. The van der Waals surface area contributed by atoms with Crippen molar-refractivity contribution in [2.24, 2.45) is 5.92 Å². The average Bonchev–Trinajstić information content (AvgIpc) is 2.80. The molecule has 1 aromatic heterocycles. The zero-order valence-corrected chi connectivity index (χ0v) is 12.0. The zero-order chi connectivity index (χ0) is 14.1. The van der Waals surface area contributed by atoms with Crippen LogP contribution in [0, 0.1) is 5.92 Å². The first-order valence-corrected chi connectivity index (χ1v) is 7.14. The Morgan fingerprint density at radius 3 is 3.05 bits per heavy atom. The van der Waals surface area contributed by atoms with Gasteiger partial charge in [0.25, 0.3) is 0 Å². The number of fused-ring (bicyclic) bond motifs is 1. The molecule has 1 aromatic rings. The van der Waals surface area contributed by atoms with Crippen LogP contribution in [0.2, 0.25) is 0 Å². The van der Waals surface area contributed by atoms with Gasteiger partial charge in [-0.25, -0.2) is 0 Å². The molecule has 4 atom stereocenters. The van der Waals surface area contributed by atoms with Gasteiger partial charge in [0.05, 0.1) is 24.6 Å². The summed E-state index contributed by atoms with van der Waals surface area (Å²) in [6, 6.07) is 6.13. The maximum absolute atomic E-state index is 12.2. The number of carbonyl (C=O) groups is 1. The number of rotatable bonds is 4. The Bertz CT molecular complexity index is 477. The molecule has 1 saturated carbocycles. The fourth-order valence-corrected chi connectivity index (χ4v) is 3.39. The van der Waals surface area contributed by atoms with Gasteiger partial charge in [0.15, 0.2) is 0 Å². The number of aromatic nitrogens is 1. The zero-order valence-electron chi connectivity index (χ0n) is 12.0. The van der Waals surface area contributed by atoms with Gasteiger partial charge >= 0.3 is 0 Å². The van der Waals surface area contributed by atoms with Crippen molar-refractivity contribution in [2.75, 3.05) is 20.7 Å². The molecule has 0 unspecified atom stereocenters. The van der Waals surface area contributed by atoms with Gasteiger partial charge < -0.3 is 15.0 Å². The molecule has 0 radical (unpaired) electrons. The number of nitrogens with zero attached hydrogens (tertiary/aromatic N) is 2. The van der Waals surface area contributed by atoms with E-state index in [1.54, 1.807) is 6.20 Å². The summed E-state index contributed by atoms with van der Waals surface area (Å²) in [4.78, 5) is 18.5. The van der Waals surface area contributed by atoms with Crippen molar-refractivity contribution in [1.82, 2.24) is 15.2 Å². The fourth-order valence-electron chi connectivity index (χ4n) is 3.39. The predicted octanol–water partition coefficient (Wildman–Crippen LogP) is 0.458. The van der Waals surface area contributed by atoms with Crippen molar-refractivity contribution in [3.05, 3.63) is 30.1 Å². The van der Waals surface area contributed by atoms with Crippen molar-refractivity contribution in [3.8, 4) is 0 Å². The highest BCUT2D eigenvalue weighted by Gasteiger charge is 2.55. The van der Waals surface area contributed by atoms with E-state index in [0.29, 0.717) is 12.3 Å². The third kappa shape index (κ3) is 2.43. The van der Waals surface area contributed by atoms with Crippen molar-refractivity contribution >= 4 is 5.91 Å². The summed E-state index contributed by atoms with van der Waals surface area (Å²) in [7, 11) is 4.08. The number of likely N-dealkylation sites (N-methyl/N-ethyl adjacent to an activating group) is 1. The van der Waals surface area contributed by atoms with Crippen molar-refractivity contribution in [3.63, 3.8) is 0 Å². The van der Waals surface area contributed by atoms with Crippen molar-refractivity contribution in [1.29, 1.82) is 0 Å². The number of carbonyl (C=O) groups excluding carboxylic acids is 1. The number of nitrogens with one attached hydrogen (secondary N) is 1. The smallest absolute Gasteiger partial charge is 0.226 e. The number of hydrogen-bond donors (Lipinski definition) is 1. The molecule has 0 aromatic carbocycles. The van der Waals surface area contributed by atoms with Crippen LogP contribution in [0.15, 0.2) is 24.4 Å². The van der Waals surface area contributed by atoms with Crippen LogP contribution in [0.1, 0.15) is 12.1 Å². The lowest BCUT2D eigenvalue weighted by atomic mass is 9.71. The van der Waals surface area contributed by atoms with Crippen LogP contribution in [0.4, 0.5) is 0 Å². The predicted molar refractivity (Wildman–Crippen MR) is 75.2 cm³/mol. The molecule has 1 aliphatic carbocycles. The first-order chi connectivity index (χ1) is 9.66. The van der Waals surface area contributed by atoms with Crippen LogP contribution in [-0.2, 0) is 16.0 Å².